The molecular weight excluding hydrogens is 422 g/mol. The molecule has 1 unspecified atom stereocenters. The van der Waals surface area contributed by atoms with E-state index in [4.69, 9.17) is 0 Å². The normalized spacial score (nSPS) is 15.9. The molecule has 5 heteroatoms. The number of rotatable bonds is 5. The van der Waals surface area contributed by atoms with Crippen LogP contribution in [0.5, 0.6) is 5.75 Å². The van der Waals surface area contributed by atoms with Gasteiger partial charge in [-0.05, 0) is 54.8 Å². The fraction of sp³-hybridized carbons (Fsp3) is 0.207. The molecule has 2 heterocycles. The van der Waals surface area contributed by atoms with Gasteiger partial charge in [-0.3, -0.25) is 4.79 Å². The maximum Gasteiger partial charge on any atom is 0.256 e. The van der Waals surface area contributed by atoms with Gasteiger partial charge in [0.05, 0.1) is 11.3 Å². The number of hydrogen-bond donors (Lipinski definition) is 2. The highest BCUT2D eigenvalue weighted by atomic mass is 16.3. The van der Waals surface area contributed by atoms with Gasteiger partial charge in [0.15, 0.2) is 0 Å². The Labute approximate surface area is 200 Å². The predicted molar refractivity (Wildman–Crippen MR) is 135 cm³/mol. The van der Waals surface area contributed by atoms with Gasteiger partial charge in [0.2, 0.25) is 0 Å². The molecule has 1 atom stereocenters. The monoisotopic (exact) mass is 451 g/mol. The summed E-state index contributed by atoms with van der Waals surface area (Å²) in [5.41, 5.74) is 5.84. The van der Waals surface area contributed by atoms with E-state index in [2.05, 4.69) is 41.1 Å². The van der Waals surface area contributed by atoms with Crippen LogP contribution in [0.2, 0.25) is 0 Å². The van der Waals surface area contributed by atoms with Crippen LogP contribution in [-0.4, -0.2) is 46.2 Å². The Morgan fingerprint density at radius 3 is 2.35 bits per heavy atom. The summed E-state index contributed by atoms with van der Waals surface area (Å²) in [7, 11) is 0. The molecule has 0 saturated carbocycles. The maximum atomic E-state index is 14.1. The largest absolute Gasteiger partial charge is 0.508 e. The van der Waals surface area contributed by atoms with Crippen molar-refractivity contribution in [1.82, 2.24) is 14.8 Å². The number of para-hydroxylation sites is 1. The lowest BCUT2D eigenvalue weighted by Gasteiger charge is -2.36. The molecular formula is C29H29N3O2. The number of aromatic hydroxyl groups is 1. The van der Waals surface area contributed by atoms with Gasteiger partial charge < -0.3 is 19.9 Å². The highest BCUT2D eigenvalue weighted by molar-refractivity contribution is 6.01. The van der Waals surface area contributed by atoms with E-state index in [1.165, 1.54) is 0 Å². The molecule has 1 amide bonds. The van der Waals surface area contributed by atoms with Gasteiger partial charge in [0, 0.05) is 37.1 Å². The number of nitrogens with one attached hydrogen (secondary N) is 1. The Morgan fingerprint density at radius 2 is 1.65 bits per heavy atom. The molecule has 1 aliphatic rings. The van der Waals surface area contributed by atoms with E-state index in [1.54, 1.807) is 12.1 Å². The number of piperazine rings is 1. The van der Waals surface area contributed by atoms with Crippen LogP contribution >= 0.6 is 0 Å². The molecule has 1 saturated heterocycles. The van der Waals surface area contributed by atoms with Gasteiger partial charge in [-0.15, -0.1) is 0 Å². The predicted octanol–water partition coefficient (Wildman–Crippen LogP) is 4.82. The first-order valence-electron chi connectivity index (χ1n) is 11.7. The number of aryl methyl sites for hydroxylation is 1. The van der Waals surface area contributed by atoms with E-state index < -0.39 is 0 Å². The minimum Gasteiger partial charge on any atom is -0.508 e. The number of hydrogen-bond acceptors (Lipinski definition) is 3. The lowest BCUT2D eigenvalue weighted by molar-refractivity contribution is 0.0637. The molecule has 34 heavy (non-hydrogen) atoms. The van der Waals surface area contributed by atoms with Crippen molar-refractivity contribution >= 4 is 5.91 Å². The van der Waals surface area contributed by atoms with Crippen molar-refractivity contribution < 1.29 is 9.90 Å². The van der Waals surface area contributed by atoms with Crippen molar-refractivity contribution in [2.24, 2.45) is 0 Å². The summed E-state index contributed by atoms with van der Waals surface area (Å²) in [6, 6.07) is 29.7. The topological polar surface area (TPSA) is 57.5 Å². The number of phenolic OH excluding ortho intramolecular Hbond substituents is 1. The van der Waals surface area contributed by atoms with Gasteiger partial charge in [-0.1, -0.05) is 60.7 Å². The number of carbonyl (C=O) groups is 1. The second-order valence-electron chi connectivity index (χ2n) is 8.81. The van der Waals surface area contributed by atoms with Crippen molar-refractivity contribution in [2.45, 2.75) is 19.4 Å². The van der Waals surface area contributed by atoms with Crippen LogP contribution in [0.3, 0.4) is 0 Å². The number of aromatic nitrogens is 1. The van der Waals surface area contributed by atoms with E-state index >= 15 is 0 Å². The number of benzene rings is 3. The third-order valence-electron chi connectivity index (χ3n) is 6.50. The van der Waals surface area contributed by atoms with Crippen LogP contribution in [0.25, 0.3) is 16.9 Å². The Kier molecular flexibility index (Phi) is 6.19. The molecule has 1 aromatic heterocycles. The Hall–Kier alpha value is -3.83. The first-order valence-corrected chi connectivity index (χ1v) is 11.7. The van der Waals surface area contributed by atoms with Gasteiger partial charge in [-0.2, -0.15) is 0 Å². The van der Waals surface area contributed by atoms with Crippen LogP contribution < -0.4 is 5.32 Å². The fourth-order valence-electron chi connectivity index (χ4n) is 4.86. The third-order valence-corrected chi connectivity index (χ3v) is 6.50. The van der Waals surface area contributed by atoms with Crippen LogP contribution in [0.1, 0.15) is 21.6 Å². The molecule has 1 fully saturated rings. The zero-order valence-electron chi connectivity index (χ0n) is 19.3. The summed E-state index contributed by atoms with van der Waals surface area (Å²) in [5, 5.41) is 13.1. The third kappa shape index (κ3) is 4.35. The van der Waals surface area contributed by atoms with E-state index in [-0.39, 0.29) is 17.7 Å². The highest BCUT2D eigenvalue weighted by Gasteiger charge is 2.31. The molecule has 4 aromatic rings. The SMILES string of the molecule is Cc1cc(C(=O)N2CCNCC2Cc2ccc(O)cc2)c(-c2ccccc2)n1-c1ccccc1. The summed E-state index contributed by atoms with van der Waals surface area (Å²) in [6.07, 6.45) is 0.734. The summed E-state index contributed by atoms with van der Waals surface area (Å²) < 4.78 is 2.18. The van der Waals surface area contributed by atoms with Gasteiger partial charge in [0.25, 0.3) is 5.91 Å². The summed E-state index contributed by atoms with van der Waals surface area (Å²) >= 11 is 0. The molecule has 2 N–H and O–H groups in total. The maximum absolute atomic E-state index is 14.1. The van der Waals surface area contributed by atoms with E-state index in [9.17, 15) is 9.90 Å². The smallest absolute Gasteiger partial charge is 0.256 e. The standard InChI is InChI=1S/C29H29N3O2/c1-21-18-27(28(23-8-4-2-5-9-23)32(21)24-10-6-3-7-11-24)29(34)31-17-16-30-20-25(31)19-22-12-14-26(33)15-13-22/h2-15,18,25,30,33H,16-17,19-20H2,1H3. The Balaban J connectivity index is 1.56. The molecule has 5 rings (SSSR count). The van der Waals surface area contributed by atoms with Gasteiger partial charge >= 0.3 is 0 Å². The first kappa shape index (κ1) is 22.0. The lowest BCUT2D eigenvalue weighted by Crippen LogP contribution is -2.54. The van der Waals surface area contributed by atoms with Crippen molar-refractivity contribution in [1.29, 1.82) is 0 Å². The minimum absolute atomic E-state index is 0.0368. The quantitative estimate of drug-likeness (QED) is 0.458. The Morgan fingerprint density at radius 1 is 0.971 bits per heavy atom. The van der Waals surface area contributed by atoms with E-state index in [1.807, 2.05) is 59.5 Å². The van der Waals surface area contributed by atoms with Crippen molar-refractivity contribution in [3.63, 3.8) is 0 Å². The molecule has 5 nitrogen and oxygen atoms in total. The van der Waals surface area contributed by atoms with E-state index in [0.29, 0.717) is 6.54 Å². The second-order valence-corrected chi connectivity index (χ2v) is 8.81. The zero-order valence-corrected chi connectivity index (χ0v) is 19.3. The van der Waals surface area contributed by atoms with E-state index in [0.717, 1.165) is 53.3 Å². The van der Waals surface area contributed by atoms with Crippen LogP contribution in [0.4, 0.5) is 0 Å². The van der Waals surface area contributed by atoms with Gasteiger partial charge in [0.1, 0.15) is 5.75 Å². The first-order chi connectivity index (χ1) is 16.6. The summed E-state index contributed by atoms with van der Waals surface area (Å²) in [6.45, 7) is 4.23. The summed E-state index contributed by atoms with van der Waals surface area (Å²) in [5.74, 6) is 0.311. The highest BCUT2D eigenvalue weighted by Crippen LogP contribution is 2.32. The molecule has 3 aromatic carbocycles. The van der Waals surface area contributed by atoms with Crippen LogP contribution in [0, 0.1) is 6.92 Å². The molecule has 172 valence electrons. The number of carbonyl (C=O) groups excluding carboxylic acids is 1. The molecule has 0 aliphatic carbocycles. The number of amides is 1. The van der Waals surface area contributed by atoms with Crippen molar-refractivity contribution in [3.05, 3.63) is 108 Å². The van der Waals surface area contributed by atoms with Crippen molar-refractivity contribution in [2.75, 3.05) is 19.6 Å². The van der Waals surface area contributed by atoms with Gasteiger partial charge in [-0.25, -0.2) is 0 Å². The average Bonchev–Trinajstić information content (AvgIpc) is 3.23. The van der Waals surface area contributed by atoms with Crippen molar-refractivity contribution in [3.8, 4) is 22.7 Å². The number of phenols is 1. The van der Waals surface area contributed by atoms with Crippen LogP contribution in [-0.2, 0) is 6.42 Å². The lowest BCUT2D eigenvalue weighted by atomic mass is 10.0. The zero-order chi connectivity index (χ0) is 23.5. The van der Waals surface area contributed by atoms with Crippen LogP contribution in [0.15, 0.2) is 91.0 Å². The second kappa shape index (κ2) is 9.57. The molecule has 1 aliphatic heterocycles. The number of nitrogens with zero attached hydrogens (tertiary/aromatic N) is 2. The molecule has 0 radical (unpaired) electrons. The average molecular weight is 452 g/mol. The summed E-state index contributed by atoms with van der Waals surface area (Å²) in [4.78, 5) is 16.1. The molecule has 0 spiro atoms. The Bertz CT molecular complexity index is 1260. The fourth-order valence-corrected chi connectivity index (χ4v) is 4.86. The minimum atomic E-state index is 0.0368. The molecule has 0 bridgehead atoms.